The normalized spacial score (nSPS) is 23.2. The summed E-state index contributed by atoms with van der Waals surface area (Å²) in [6.07, 6.45) is -0.430. The van der Waals surface area contributed by atoms with Crippen molar-refractivity contribution in [3.05, 3.63) is 29.6 Å². The van der Waals surface area contributed by atoms with Gasteiger partial charge in [-0.3, -0.25) is 9.71 Å². The number of hydrogen-bond acceptors (Lipinski definition) is 3. The summed E-state index contributed by atoms with van der Waals surface area (Å²) in [7, 11) is -0.266. The molecule has 0 saturated carbocycles. The molecule has 2 unspecified atom stereocenters. The van der Waals surface area contributed by atoms with Crippen LogP contribution in [0.25, 0.3) is 0 Å². The molecule has 0 saturated heterocycles. The van der Waals surface area contributed by atoms with Crippen molar-refractivity contribution in [2.45, 2.75) is 18.5 Å². The highest BCUT2D eigenvalue weighted by Gasteiger charge is 2.32. The quantitative estimate of drug-likeness (QED) is 0.512. The third kappa shape index (κ3) is 2.82. The zero-order chi connectivity index (χ0) is 13.2. The number of nitriles is 1. The van der Waals surface area contributed by atoms with E-state index in [-0.39, 0.29) is 16.6 Å². The van der Waals surface area contributed by atoms with Crippen LogP contribution in [0.4, 0.5) is 13.2 Å². The number of aromatic nitrogens is 1. The van der Waals surface area contributed by atoms with Gasteiger partial charge in [0.2, 0.25) is 0 Å². The molecule has 2 heterocycles. The first-order valence-corrected chi connectivity index (χ1v) is 6.69. The number of pyridine rings is 1. The lowest BCUT2D eigenvalue weighted by Crippen LogP contribution is -2.08. The van der Waals surface area contributed by atoms with Crippen molar-refractivity contribution < 1.29 is 13.2 Å². The molecule has 0 aromatic carbocycles. The first-order valence-electron chi connectivity index (χ1n) is 5.23. The molecule has 1 aromatic rings. The van der Waals surface area contributed by atoms with Gasteiger partial charge in [0.25, 0.3) is 0 Å². The van der Waals surface area contributed by atoms with Crippen molar-refractivity contribution >= 4 is 16.0 Å². The van der Waals surface area contributed by atoms with Crippen molar-refractivity contribution in [3.63, 3.8) is 0 Å². The van der Waals surface area contributed by atoms with E-state index >= 15 is 0 Å². The van der Waals surface area contributed by atoms with Crippen LogP contribution in [0.5, 0.6) is 0 Å². The Bertz CT molecular complexity index is 502. The van der Waals surface area contributed by atoms with Crippen molar-refractivity contribution in [2.75, 3.05) is 5.75 Å². The first kappa shape index (κ1) is 12.9. The molecule has 0 amide bonds. The summed E-state index contributed by atoms with van der Waals surface area (Å²) in [5.41, 5.74) is -0.115. The molecule has 0 fully saturated rings. The Morgan fingerprint density at radius 2 is 2.22 bits per heavy atom. The van der Waals surface area contributed by atoms with E-state index in [0.717, 1.165) is 23.8 Å². The van der Waals surface area contributed by atoms with Crippen molar-refractivity contribution in [3.8, 4) is 6.19 Å². The molecule has 1 aromatic heterocycles. The van der Waals surface area contributed by atoms with Crippen LogP contribution >= 0.6 is 10.7 Å². The van der Waals surface area contributed by atoms with Crippen molar-refractivity contribution in [1.82, 2.24) is 9.71 Å². The fraction of sp³-hybridized carbons (Fsp3) is 0.364. The second-order valence-electron chi connectivity index (χ2n) is 3.85. The van der Waals surface area contributed by atoms with E-state index in [0.29, 0.717) is 0 Å². The summed E-state index contributed by atoms with van der Waals surface area (Å²) in [4.78, 5) is 3.44. The molecule has 7 heteroatoms. The van der Waals surface area contributed by atoms with E-state index < -0.39 is 11.9 Å². The molecule has 2 atom stereocenters. The van der Waals surface area contributed by atoms with E-state index in [1.54, 1.807) is 0 Å². The predicted molar refractivity (Wildman–Crippen MR) is 63.9 cm³/mol. The largest absolute Gasteiger partial charge is 0.433 e. The topological polar surface area (TPSA) is 48.7 Å². The molecule has 0 radical (unpaired) electrons. The predicted octanol–water partition coefficient (Wildman–Crippen LogP) is 2.64. The average molecular weight is 273 g/mol. The van der Waals surface area contributed by atoms with Gasteiger partial charge in [0, 0.05) is 17.9 Å². The van der Waals surface area contributed by atoms with Gasteiger partial charge in [-0.25, -0.2) is 0 Å². The highest BCUT2D eigenvalue weighted by Crippen LogP contribution is 2.32. The Morgan fingerprint density at radius 1 is 1.44 bits per heavy atom. The number of nitrogens with one attached hydrogen (secondary N) is 1. The third-order valence-corrected chi connectivity index (χ3v) is 4.35. The maximum absolute atomic E-state index is 12.3. The Balaban J connectivity index is 2.15. The van der Waals surface area contributed by atoms with Crippen molar-refractivity contribution in [2.24, 2.45) is 0 Å². The van der Waals surface area contributed by atoms with E-state index in [4.69, 9.17) is 5.26 Å². The molecule has 1 aliphatic heterocycles. The highest BCUT2D eigenvalue weighted by atomic mass is 32.2. The summed E-state index contributed by atoms with van der Waals surface area (Å²) in [5.74, 6) is 0.906. The van der Waals surface area contributed by atoms with Crippen LogP contribution in [0.3, 0.4) is 0 Å². The zero-order valence-electron chi connectivity index (χ0n) is 9.24. The number of halogens is 3. The van der Waals surface area contributed by atoms with Gasteiger partial charge in [-0.05, 0) is 23.4 Å². The van der Waals surface area contributed by atoms with Gasteiger partial charge in [0.1, 0.15) is 5.69 Å². The molecule has 96 valence electrons. The maximum Gasteiger partial charge on any atom is 0.433 e. The Kier molecular flexibility index (Phi) is 3.57. The van der Waals surface area contributed by atoms with Gasteiger partial charge in [-0.2, -0.15) is 18.4 Å². The number of rotatable bonds is 2. The first-order chi connectivity index (χ1) is 8.50. The molecule has 3 nitrogen and oxygen atoms in total. The van der Waals surface area contributed by atoms with Crippen LogP contribution in [-0.4, -0.2) is 16.1 Å². The molecule has 1 aliphatic rings. The van der Waals surface area contributed by atoms with Crippen LogP contribution in [0, 0.1) is 11.5 Å². The van der Waals surface area contributed by atoms with Gasteiger partial charge < -0.3 is 0 Å². The minimum Gasteiger partial charge on any atom is -0.273 e. The Hall–Kier alpha value is -1.55. The smallest absolute Gasteiger partial charge is 0.273 e. The molecule has 18 heavy (non-hydrogen) atoms. The average Bonchev–Trinajstić information content (AvgIpc) is 2.77. The minimum absolute atomic E-state index is 0.0731. The molecular weight excluding hydrogens is 263 g/mol. The van der Waals surface area contributed by atoms with Gasteiger partial charge in [-0.15, -0.1) is 0 Å². The SMILES string of the molecule is N#CNS1=CC(c2ccc(C(F)(F)F)nc2)CC1. The van der Waals surface area contributed by atoms with Crippen molar-refractivity contribution in [1.29, 1.82) is 5.26 Å². The van der Waals surface area contributed by atoms with Crippen LogP contribution in [-0.2, 0) is 6.18 Å². The molecule has 0 spiro atoms. The summed E-state index contributed by atoms with van der Waals surface area (Å²) < 4.78 is 39.7. The summed E-state index contributed by atoms with van der Waals surface area (Å²) in [6, 6.07) is 2.45. The summed E-state index contributed by atoms with van der Waals surface area (Å²) in [5, 5.41) is 10.5. The fourth-order valence-corrected chi connectivity index (χ4v) is 3.39. The summed E-state index contributed by atoms with van der Waals surface area (Å²) >= 11 is 0. The number of hydrogen-bond donors (Lipinski definition) is 1. The maximum atomic E-state index is 12.3. The standard InChI is InChI=1S/C11H10F3N3S/c12-11(13,14)10-2-1-8(5-16-10)9-3-4-18(6-9)17-7-15/h1-2,5-6,9,17H,3-4H2. The van der Waals surface area contributed by atoms with E-state index in [1.807, 2.05) is 11.6 Å². The Labute approximate surface area is 105 Å². The molecule has 0 aliphatic carbocycles. The molecule has 2 rings (SSSR count). The fourth-order valence-electron chi connectivity index (χ4n) is 1.77. The molecular formula is C11H10F3N3S. The zero-order valence-corrected chi connectivity index (χ0v) is 10.1. The number of nitrogens with zero attached hydrogens (tertiary/aromatic N) is 2. The van der Waals surface area contributed by atoms with Crippen LogP contribution in [0.2, 0.25) is 0 Å². The molecule has 1 N–H and O–H groups in total. The number of alkyl halides is 3. The van der Waals surface area contributed by atoms with Gasteiger partial charge >= 0.3 is 6.18 Å². The van der Waals surface area contributed by atoms with Gasteiger partial charge in [-0.1, -0.05) is 16.7 Å². The molecule has 0 bridgehead atoms. The van der Waals surface area contributed by atoms with Crippen LogP contribution < -0.4 is 4.72 Å². The van der Waals surface area contributed by atoms with E-state index in [2.05, 4.69) is 9.71 Å². The highest BCUT2D eigenvalue weighted by molar-refractivity contribution is 8.13. The second kappa shape index (κ2) is 4.98. The lowest BCUT2D eigenvalue weighted by molar-refractivity contribution is -0.141. The van der Waals surface area contributed by atoms with Gasteiger partial charge in [0.15, 0.2) is 6.19 Å². The van der Waals surface area contributed by atoms with E-state index in [9.17, 15) is 13.2 Å². The lowest BCUT2D eigenvalue weighted by atomic mass is 10.0. The lowest BCUT2D eigenvalue weighted by Gasteiger charge is -2.09. The second-order valence-corrected chi connectivity index (χ2v) is 5.59. The van der Waals surface area contributed by atoms with Gasteiger partial charge in [0.05, 0.1) is 0 Å². The van der Waals surface area contributed by atoms with E-state index in [1.165, 1.54) is 12.3 Å². The van der Waals surface area contributed by atoms with Crippen LogP contribution in [0.1, 0.15) is 23.6 Å². The van der Waals surface area contributed by atoms with Crippen LogP contribution in [0.15, 0.2) is 18.3 Å². The summed E-state index contributed by atoms with van der Waals surface area (Å²) in [6.45, 7) is 0. The minimum atomic E-state index is -4.40. The monoisotopic (exact) mass is 273 g/mol. The third-order valence-electron chi connectivity index (χ3n) is 2.66. The Morgan fingerprint density at radius 3 is 2.78 bits per heavy atom.